The fourth-order valence-corrected chi connectivity index (χ4v) is 1.80. The summed E-state index contributed by atoms with van der Waals surface area (Å²) in [6.45, 7) is 8.58. The molecular weight excluding hydrogens is 202 g/mol. The molecule has 0 aliphatic rings. The molecular formula is C12H23N3O. The fraction of sp³-hybridized carbons (Fsp3) is 0.750. The maximum Gasteiger partial charge on any atom is 0.0951 e. The average molecular weight is 225 g/mol. The zero-order valence-electron chi connectivity index (χ0n) is 10.5. The number of imidazole rings is 1. The maximum absolute atomic E-state index is 5.59. The molecule has 16 heavy (non-hydrogen) atoms. The molecule has 92 valence electrons. The molecule has 4 nitrogen and oxygen atoms in total. The Labute approximate surface area is 97.8 Å². The standard InChI is InChI=1S/C12H23N3O/c1-4-16-8-12(10(2)3)15-9-14-7-11(15)5-6-13/h7,9-10,12H,4-6,8,13H2,1-3H3. The summed E-state index contributed by atoms with van der Waals surface area (Å²) in [5, 5.41) is 0. The second kappa shape index (κ2) is 6.66. The van der Waals surface area contributed by atoms with E-state index in [0.717, 1.165) is 19.6 Å². The Morgan fingerprint density at radius 2 is 2.25 bits per heavy atom. The number of rotatable bonds is 7. The van der Waals surface area contributed by atoms with Crippen LogP contribution in [0.4, 0.5) is 0 Å². The molecule has 1 aromatic heterocycles. The van der Waals surface area contributed by atoms with Crippen molar-refractivity contribution in [1.29, 1.82) is 0 Å². The molecule has 0 aliphatic carbocycles. The minimum atomic E-state index is 0.351. The third-order valence-electron chi connectivity index (χ3n) is 2.77. The summed E-state index contributed by atoms with van der Waals surface area (Å²) in [5.74, 6) is 0.525. The van der Waals surface area contributed by atoms with E-state index in [0.29, 0.717) is 18.5 Å². The Bertz CT molecular complexity index is 296. The molecule has 2 N–H and O–H groups in total. The van der Waals surface area contributed by atoms with Gasteiger partial charge in [0.2, 0.25) is 0 Å². The van der Waals surface area contributed by atoms with Crippen LogP contribution in [0.2, 0.25) is 0 Å². The summed E-state index contributed by atoms with van der Waals surface area (Å²) in [7, 11) is 0. The van der Waals surface area contributed by atoms with Crippen LogP contribution < -0.4 is 5.73 Å². The van der Waals surface area contributed by atoms with E-state index in [1.165, 1.54) is 5.69 Å². The molecule has 0 fully saturated rings. The Balaban J connectivity index is 2.78. The molecule has 1 atom stereocenters. The largest absolute Gasteiger partial charge is 0.380 e. The number of hydrogen-bond acceptors (Lipinski definition) is 3. The predicted octanol–water partition coefficient (Wildman–Crippen LogP) is 1.62. The Morgan fingerprint density at radius 1 is 1.50 bits per heavy atom. The summed E-state index contributed by atoms with van der Waals surface area (Å²) in [6, 6.07) is 0.351. The smallest absolute Gasteiger partial charge is 0.0951 e. The minimum absolute atomic E-state index is 0.351. The molecule has 1 heterocycles. The van der Waals surface area contributed by atoms with Crippen LogP contribution in [0.3, 0.4) is 0 Å². The molecule has 0 saturated carbocycles. The molecule has 0 saturated heterocycles. The normalized spacial score (nSPS) is 13.3. The lowest BCUT2D eigenvalue weighted by molar-refractivity contribution is 0.0954. The summed E-state index contributed by atoms with van der Waals surface area (Å²) < 4.78 is 7.74. The number of aromatic nitrogens is 2. The molecule has 1 aromatic rings. The summed E-state index contributed by atoms with van der Waals surface area (Å²) in [6.07, 6.45) is 4.65. The molecule has 0 amide bonds. The topological polar surface area (TPSA) is 53.1 Å². The van der Waals surface area contributed by atoms with Gasteiger partial charge in [-0.1, -0.05) is 13.8 Å². The van der Waals surface area contributed by atoms with Crippen molar-refractivity contribution < 1.29 is 4.74 Å². The van der Waals surface area contributed by atoms with E-state index in [4.69, 9.17) is 10.5 Å². The summed E-state index contributed by atoms with van der Waals surface area (Å²) in [4.78, 5) is 4.20. The highest BCUT2D eigenvalue weighted by Gasteiger charge is 2.17. The maximum atomic E-state index is 5.59. The van der Waals surface area contributed by atoms with E-state index in [-0.39, 0.29) is 0 Å². The van der Waals surface area contributed by atoms with E-state index in [1.807, 2.05) is 19.4 Å². The monoisotopic (exact) mass is 225 g/mol. The van der Waals surface area contributed by atoms with Crippen LogP contribution in [0.5, 0.6) is 0 Å². The van der Waals surface area contributed by atoms with Crippen LogP contribution in [0.1, 0.15) is 32.5 Å². The second-order valence-corrected chi connectivity index (χ2v) is 4.30. The molecule has 0 aliphatic heterocycles. The van der Waals surface area contributed by atoms with E-state index >= 15 is 0 Å². The number of ether oxygens (including phenoxy) is 1. The van der Waals surface area contributed by atoms with E-state index < -0.39 is 0 Å². The second-order valence-electron chi connectivity index (χ2n) is 4.30. The van der Waals surface area contributed by atoms with Gasteiger partial charge < -0.3 is 15.0 Å². The van der Waals surface area contributed by atoms with Gasteiger partial charge in [0.25, 0.3) is 0 Å². The van der Waals surface area contributed by atoms with Gasteiger partial charge in [-0.05, 0) is 19.4 Å². The van der Waals surface area contributed by atoms with Crippen molar-refractivity contribution in [2.45, 2.75) is 33.2 Å². The fourth-order valence-electron chi connectivity index (χ4n) is 1.80. The zero-order valence-corrected chi connectivity index (χ0v) is 10.5. The lowest BCUT2D eigenvalue weighted by atomic mass is 10.0. The van der Waals surface area contributed by atoms with E-state index in [1.54, 1.807) is 0 Å². The number of hydrogen-bond donors (Lipinski definition) is 1. The Kier molecular flexibility index (Phi) is 5.49. The third kappa shape index (κ3) is 3.32. The van der Waals surface area contributed by atoms with Crippen molar-refractivity contribution in [3.05, 3.63) is 18.2 Å². The molecule has 1 rings (SSSR count). The van der Waals surface area contributed by atoms with E-state index in [2.05, 4.69) is 23.4 Å². The lowest BCUT2D eigenvalue weighted by Crippen LogP contribution is -2.23. The van der Waals surface area contributed by atoms with Crippen LogP contribution in [-0.2, 0) is 11.2 Å². The SMILES string of the molecule is CCOCC(C(C)C)n1cncc1CCN. The van der Waals surface area contributed by atoms with Gasteiger partial charge in [0, 0.05) is 24.9 Å². The molecule has 1 unspecified atom stereocenters. The van der Waals surface area contributed by atoms with Gasteiger partial charge in [0.05, 0.1) is 19.0 Å². The first-order valence-corrected chi connectivity index (χ1v) is 5.99. The first kappa shape index (κ1) is 13.2. The van der Waals surface area contributed by atoms with Crippen molar-refractivity contribution in [3.8, 4) is 0 Å². The van der Waals surface area contributed by atoms with Crippen molar-refractivity contribution in [3.63, 3.8) is 0 Å². The quantitative estimate of drug-likeness (QED) is 0.767. The van der Waals surface area contributed by atoms with Crippen LogP contribution in [0.15, 0.2) is 12.5 Å². The first-order valence-electron chi connectivity index (χ1n) is 5.99. The number of nitrogens with zero attached hydrogens (tertiary/aromatic N) is 2. The highest BCUT2D eigenvalue weighted by atomic mass is 16.5. The van der Waals surface area contributed by atoms with Crippen LogP contribution in [0, 0.1) is 5.92 Å². The summed E-state index contributed by atoms with van der Waals surface area (Å²) in [5.41, 5.74) is 6.79. The van der Waals surface area contributed by atoms with Crippen molar-refractivity contribution in [1.82, 2.24) is 9.55 Å². The first-order chi connectivity index (χ1) is 7.70. The van der Waals surface area contributed by atoms with Gasteiger partial charge in [0.15, 0.2) is 0 Å². The predicted molar refractivity (Wildman–Crippen MR) is 65.4 cm³/mol. The highest BCUT2D eigenvalue weighted by Crippen LogP contribution is 2.20. The zero-order chi connectivity index (χ0) is 12.0. The van der Waals surface area contributed by atoms with Gasteiger partial charge in [0.1, 0.15) is 0 Å². The van der Waals surface area contributed by atoms with Gasteiger partial charge in [-0.15, -0.1) is 0 Å². The highest BCUT2D eigenvalue weighted by molar-refractivity contribution is 5.01. The molecule has 0 radical (unpaired) electrons. The molecule has 0 aromatic carbocycles. The van der Waals surface area contributed by atoms with Crippen LogP contribution in [0.25, 0.3) is 0 Å². The minimum Gasteiger partial charge on any atom is -0.380 e. The van der Waals surface area contributed by atoms with E-state index in [9.17, 15) is 0 Å². The van der Waals surface area contributed by atoms with Crippen molar-refractivity contribution >= 4 is 0 Å². The Morgan fingerprint density at radius 3 is 2.81 bits per heavy atom. The number of nitrogens with two attached hydrogens (primary N) is 1. The molecule has 0 bridgehead atoms. The Hall–Kier alpha value is -0.870. The van der Waals surface area contributed by atoms with Crippen molar-refractivity contribution in [2.75, 3.05) is 19.8 Å². The molecule has 0 spiro atoms. The van der Waals surface area contributed by atoms with Gasteiger partial charge >= 0.3 is 0 Å². The van der Waals surface area contributed by atoms with Crippen LogP contribution in [-0.4, -0.2) is 29.3 Å². The molecule has 4 heteroatoms. The summed E-state index contributed by atoms with van der Waals surface area (Å²) >= 11 is 0. The van der Waals surface area contributed by atoms with Crippen LogP contribution >= 0.6 is 0 Å². The van der Waals surface area contributed by atoms with Gasteiger partial charge in [-0.3, -0.25) is 0 Å². The van der Waals surface area contributed by atoms with Crippen molar-refractivity contribution in [2.24, 2.45) is 11.7 Å². The third-order valence-corrected chi connectivity index (χ3v) is 2.77. The van der Waals surface area contributed by atoms with Gasteiger partial charge in [-0.2, -0.15) is 0 Å². The average Bonchev–Trinajstić information content (AvgIpc) is 2.67. The van der Waals surface area contributed by atoms with Gasteiger partial charge in [-0.25, -0.2) is 4.98 Å². The lowest BCUT2D eigenvalue weighted by Gasteiger charge is -2.24.